The molecule has 2 aromatic rings. The van der Waals surface area contributed by atoms with E-state index in [2.05, 4.69) is 4.18 Å². The average molecular weight is 405 g/mol. The van der Waals surface area contributed by atoms with Crippen LogP contribution in [0.2, 0.25) is 0 Å². The van der Waals surface area contributed by atoms with Crippen molar-refractivity contribution in [2.24, 2.45) is 0 Å². The van der Waals surface area contributed by atoms with E-state index in [-0.39, 0.29) is 23.4 Å². The first-order valence-electron chi connectivity index (χ1n) is 7.89. The van der Waals surface area contributed by atoms with Crippen molar-refractivity contribution in [3.8, 4) is 5.75 Å². The van der Waals surface area contributed by atoms with Crippen LogP contribution in [0.1, 0.15) is 38.1 Å². The number of carbonyl (C=O) groups is 2. The minimum Gasteiger partial charge on any atom is -0.462 e. The van der Waals surface area contributed by atoms with Crippen molar-refractivity contribution in [3.05, 3.63) is 30.0 Å². The Labute approximate surface area is 157 Å². The fraction of sp³-hybridized carbons (Fsp3) is 0.412. The summed E-state index contributed by atoms with van der Waals surface area (Å²) in [5.41, 5.74) is -5.14. The maximum Gasteiger partial charge on any atom is 0.479 e. The van der Waals surface area contributed by atoms with E-state index in [4.69, 9.17) is 9.47 Å². The van der Waals surface area contributed by atoms with Crippen molar-refractivity contribution in [1.82, 2.24) is 4.57 Å². The average Bonchev–Trinajstić information content (AvgIpc) is 2.90. The summed E-state index contributed by atoms with van der Waals surface area (Å²) in [6.45, 7) is 6.75. The molecule has 0 amide bonds. The Morgan fingerprint density at radius 2 is 1.85 bits per heavy atom. The third-order valence-electron chi connectivity index (χ3n) is 3.10. The highest BCUT2D eigenvalue weighted by atomic mass is 32.2. The molecule has 0 fully saturated rings. The summed E-state index contributed by atoms with van der Waals surface area (Å²) in [5, 5.41) is 0.323. The van der Waals surface area contributed by atoms with Crippen LogP contribution in [-0.2, 0) is 9.47 Å². The third kappa shape index (κ3) is 5.56. The molecule has 27 heavy (non-hydrogen) atoms. The van der Waals surface area contributed by atoms with E-state index in [9.17, 15) is 22.8 Å². The minimum absolute atomic E-state index is 0.0905. The van der Waals surface area contributed by atoms with Gasteiger partial charge in [-0.3, -0.25) is 4.57 Å². The molecule has 0 bridgehead atoms. The van der Waals surface area contributed by atoms with Crippen LogP contribution in [-0.4, -0.2) is 34.3 Å². The van der Waals surface area contributed by atoms with Crippen molar-refractivity contribution in [2.75, 3.05) is 6.61 Å². The molecule has 0 radical (unpaired) electrons. The summed E-state index contributed by atoms with van der Waals surface area (Å²) >= 11 is -0.676. The predicted molar refractivity (Wildman–Crippen MR) is 93.8 cm³/mol. The van der Waals surface area contributed by atoms with Crippen molar-refractivity contribution >= 4 is 35.0 Å². The summed E-state index contributed by atoms with van der Waals surface area (Å²) < 4.78 is 53.0. The van der Waals surface area contributed by atoms with Crippen LogP contribution in [0.5, 0.6) is 5.75 Å². The molecule has 0 saturated heterocycles. The Bertz CT molecular complexity index is 855. The Morgan fingerprint density at radius 3 is 2.41 bits per heavy atom. The van der Waals surface area contributed by atoms with Crippen LogP contribution in [0, 0.1) is 0 Å². The lowest BCUT2D eigenvalue weighted by molar-refractivity contribution is -0.0369. The number of carbonyl (C=O) groups excluding carboxylic acids is 2. The van der Waals surface area contributed by atoms with Gasteiger partial charge in [-0.05, 0) is 39.8 Å². The Kier molecular flexibility index (Phi) is 5.98. The van der Waals surface area contributed by atoms with Crippen molar-refractivity contribution in [1.29, 1.82) is 0 Å². The quantitative estimate of drug-likeness (QED) is 0.518. The second-order valence-corrected chi connectivity index (χ2v) is 7.20. The maximum absolute atomic E-state index is 12.5. The van der Waals surface area contributed by atoms with Crippen molar-refractivity contribution in [2.45, 2.75) is 38.8 Å². The minimum atomic E-state index is -4.59. The summed E-state index contributed by atoms with van der Waals surface area (Å²) in [6.07, 6.45) is 0.445. The lowest BCUT2D eigenvalue weighted by Crippen LogP contribution is -2.26. The summed E-state index contributed by atoms with van der Waals surface area (Å²) in [6, 6.07) is 3.87. The molecule has 10 heteroatoms. The van der Waals surface area contributed by atoms with E-state index in [1.54, 1.807) is 27.7 Å². The number of hydrogen-bond acceptors (Lipinski definition) is 6. The molecule has 0 aliphatic rings. The number of esters is 1. The number of alkyl halides is 3. The maximum atomic E-state index is 12.5. The SMILES string of the molecule is CCOC(=O)c1cn(C(=O)OC(C)(C)C)c2cc(OSC(F)(F)F)ccc12. The molecule has 6 nitrogen and oxygen atoms in total. The number of ether oxygens (including phenoxy) is 2. The number of aromatic nitrogens is 1. The van der Waals surface area contributed by atoms with Crippen LogP contribution < -0.4 is 4.18 Å². The molecule has 148 valence electrons. The predicted octanol–water partition coefficient (Wildman–Crippen LogP) is 5.15. The second kappa shape index (κ2) is 7.71. The van der Waals surface area contributed by atoms with Gasteiger partial charge in [0.05, 0.1) is 17.7 Å². The molecule has 0 aliphatic carbocycles. The third-order valence-corrected chi connectivity index (χ3v) is 3.56. The lowest BCUT2D eigenvalue weighted by atomic mass is 10.2. The van der Waals surface area contributed by atoms with Gasteiger partial charge in [-0.15, -0.1) is 0 Å². The van der Waals surface area contributed by atoms with Crippen LogP contribution >= 0.6 is 12.0 Å². The monoisotopic (exact) mass is 405 g/mol. The molecule has 0 unspecified atom stereocenters. The number of benzene rings is 1. The molecule has 0 aliphatic heterocycles. The van der Waals surface area contributed by atoms with E-state index in [1.807, 2.05) is 0 Å². The number of rotatable bonds is 4. The summed E-state index contributed by atoms with van der Waals surface area (Å²) in [5.74, 6) is -0.800. The van der Waals surface area contributed by atoms with Gasteiger partial charge in [0.25, 0.3) is 0 Å². The number of nitrogens with zero attached hydrogens (tertiary/aromatic N) is 1. The van der Waals surface area contributed by atoms with E-state index in [1.165, 1.54) is 24.4 Å². The summed E-state index contributed by atoms with van der Waals surface area (Å²) in [4.78, 5) is 24.6. The van der Waals surface area contributed by atoms with Gasteiger partial charge in [0.15, 0.2) is 12.0 Å². The van der Waals surface area contributed by atoms with Gasteiger partial charge in [-0.1, -0.05) is 0 Å². The first-order valence-corrected chi connectivity index (χ1v) is 8.63. The fourth-order valence-corrected chi connectivity index (χ4v) is 2.48. The van der Waals surface area contributed by atoms with Crippen LogP contribution in [0.15, 0.2) is 24.4 Å². The van der Waals surface area contributed by atoms with Crippen molar-refractivity contribution in [3.63, 3.8) is 0 Å². The first kappa shape index (κ1) is 20.9. The molecule has 0 spiro atoms. The standard InChI is InChI=1S/C17H18F3NO5S/c1-5-24-14(22)12-9-21(15(23)25-16(2,3)4)13-8-10(6-7-11(12)13)26-27-17(18,19)20/h6-9H,5H2,1-4H3. The molecule has 1 aromatic heterocycles. The Morgan fingerprint density at radius 1 is 1.19 bits per heavy atom. The molecule has 1 heterocycles. The fourth-order valence-electron chi connectivity index (χ4n) is 2.19. The molecule has 2 rings (SSSR count). The van der Waals surface area contributed by atoms with Gasteiger partial charge in [0, 0.05) is 17.6 Å². The van der Waals surface area contributed by atoms with E-state index < -0.39 is 35.2 Å². The van der Waals surface area contributed by atoms with Gasteiger partial charge >= 0.3 is 17.6 Å². The van der Waals surface area contributed by atoms with Gasteiger partial charge in [0.1, 0.15) is 11.4 Å². The first-order chi connectivity index (χ1) is 12.4. The zero-order valence-electron chi connectivity index (χ0n) is 15.0. The molecule has 0 saturated carbocycles. The summed E-state index contributed by atoms with van der Waals surface area (Å²) in [7, 11) is 0. The molecule has 1 aromatic carbocycles. The normalized spacial score (nSPS) is 12.1. The molecular weight excluding hydrogens is 387 g/mol. The lowest BCUT2D eigenvalue weighted by Gasteiger charge is -2.19. The van der Waals surface area contributed by atoms with Crippen LogP contribution in [0.3, 0.4) is 0 Å². The topological polar surface area (TPSA) is 66.8 Å². The highest BCUT2D eigenvalue weighted by Gasteiger charge is 2.32. The second-order valence-electron chi connectivity index (χ2n) is 6.40. The van der Waals surface area contributed by atoms with E-state index in [0.29, 0.717) is 5.39 Å². The molecular formula is C17H18F3NO5S. The van der Waals surface area contributed by atoms with Crippen molar-refractivity contribution < 1.29 is 36.4 Å². The van der Waals surface area contributed by atoms with E-state index >= 15 is 0 Å². The van der Waals surface area contributed by atoms with Gasteiger partial charge in [0.2, 0.25) is 0 Å². The van der Waals surface area contributed by atoms with Gasteiger partial charge in [-0.2, -0.15) is 13.2 Å². The number of halogens is 3. The van der Waals surface area contributed by atoms with E-state index in [0.717, 1.165) is 4.57 Å². The molecule has 0 N–H and O–H groups in total. The largest absolute Gasteiger partial charge is 0.479 e. The zero-order valence-corrected chi connectivity index (χ0v) is 15.9. The van der Waals surface area contributed by atoms with Gasteiger partial charge in [-0.25, -0.2) is 9.59 Å². The highest BCUT2D eigenvalue weighted by molar-refractivity contribution is 7.95. The smallest absolute Gasteiger partial charge is 0.462 e. The highest BCUT2D eigenvalue weighted by Crippen LogP contribution is 2.34. The number of fused-ring (bicyclic) bond motifs is 1. The van der Waals surface area contributed by atoms with Gasteiger partial charge < -0.3 is 13.7 Å². The van der Waals surface area contributed by atoms with Crippen LogP contribution in [0.25, 0.3) is 10.9 Å². The zero-order chi connectivity index (χ0) is 20.4. The van der Waals surface area contributed by atoms with Crippen LogP contribution in [0.4, 0.5) is 18.0 Å². The molecule has 0 atom stereocenters. The Hall–Kier alpha value is -2.36. The number of hydrogen-bond donors (Lipinski definition) is 0. The Balaban J connectivity index is 2.50.